The molecule has 30 heavy (non-hydrogen) atoms. The van der Waals surface area contributed by atoms with Gasteiger partial charge < -0.3 is 19.3 Å². The van der Waals surface area contributed by atoms with Crippen LogP contribution in [-0.2, 0) is 16.1 Å². The largest absolute Gasteiger partial charge is 0.445 e. The van der Waals surface area contributed by atoms with Crippen LogP contribution in [0.2, 0.25) is 0 Å². The van der Waals surface area contributed by atoms with Crippen molar-refractivity contribution in [2.45, 2.75) is 63.8 Å². The van der Waals surface area contributed by atoms with Gasteiger partial charge in [0.25, 0.3) is 0 Å². The second kappa shape index (κ2) is 8.83. The summed E-state index contributed by atoms with van der Waals surface area (Å²) in [5.41, 5.74) is 8.74. The number of amides is 2. The number of likely N-dealkylation sites (tertiary alicyclic amines) is 2. The molecular weight excluding hydrogens is 386 g/mol. The van der Waals surface area contributed by atoms with E-state index in [1.165, 1.54) is 0 Å². The molecule has 2 aliphatic heterocycles. The molecule has 1 atom stereocenters. The summed E-state index contributed by atoms with van der Waals surface area (Å²) in [6.07, 6.45) is 0.980. The molecule has 1 aromatic rings. The molecule has 2 aliphatic rings. The van der Waals surface area contributed by atoms with E-state index < -0.39 is 17.2 Å². The molecule has 0 N–H and O–H groups in total. The average Bonchev–Trinajstić information content (AvgIpc) is 3.04. The Morgan fingerprint density at radius 1 is 1.20 bits per heavy atom. The molecule has 2 amide bonds. The van der Waals surface area contributed by atoms with E-state index in [0.717, 1.165) is 5.56 Å². The lowest BCUT2D eigenvalue weighted by Gasteiger charge is -2.44. The van der Waals surface area contributed by atoms with Crippen molar-refractivity contribution < 1.29 is 19.1 Å². The monoisotopic (exact) mass is 415 g/mol. The number of carbonyl (C=O) groups is 2. The minimum absolute atomic E-state index is 0.183. The topological polar surface area (TPSA) is 108 Å². The summed E-state index contributed by atoms with van der Waals surface area (Å²) in [6, 6.07) is 9.19. The number of rotatable bonds is 3. The van der Waals surface area contributed by atoms with E-state index in [0.29, 0.717) is 38.9 Å². The van der Waals surface area contributed by atoms with Gasteiger partial charge in [-0.3, -0.25) is 0 Å². The second-order valence-corrected chi connectivity index (χ2v) is 8.91. The highest BCUT2D eigenvalue weighted by Crippen LogP contribution is 2.40. The minimum atomic E-state index is -0.556. The molecule has 0 saturated carbocycles. The zero-order valence-electron chi connectivity index (χ0n) is 17.8. The lowest BCUT2D eigenvalue weighted by Crippen LogP contribution is -2.55. The summed E-state index contributed by atoms with van der Waals surface area (Å²) in [5, 5.41) is 3.85. The zero-order chi connectivity index (χ0) is 21.8. The molecule has 2 fully saturated rings. The van der Waals surface area contributed by atoms with Crippen LogP contribution in [0, 0.1) is 0 Å². The van der Waals surface area contributed by atoms with Gasteiger partial charge in [-0.25, -0.2) is 9.59 Å². The smallest absolute Gasteiger partial charge is 0.410 e. The predicted octanol–water partition coefficient (Wildman–Crippen LogP) is 4.48. The van der Waals surface area contributed by atoms with Gasteiger partial charge in [0.2, 0.25) is 0 Å². The average molecular weight is 415 g/mol. The van der Waals surface area contributed by atoms with Crippen LogP contribution >= 0.6 is 0 Å². The fraction of sp³-hybridized carbons (Fsp3) is 0.619. The number of nitrogens with zero attached hydrogens (tertiary/aromatic N) is 5. The van der Waals surface area contributed by atoms with Gasteiger partial charge in [0.15, 0.2) is 0 Å². The maximum atomic E-state index is 12.9. The Morgan fingerprint density at radius 2 is 1.87 bits per heavy atom. The minimum Gasteiger partial charge on any atom is -0.445 e. The van der Waals surface area contributed by atoms with Crippen LogP contribution < -0.4 is 0 Å². The Labute approximate surface area is 176 Å². The Bertz CT molecular complexity index is 808. The number of carbonyl (C=O) groups excluding carboxylic acids is 2. The number of piperidine rings is 1. The van der Waals surface area contributed by atoms with Crippen molar-refractivity contribution in [3.05, 3.63) is 46.3 Å². The maximum absolute atomic E-state index is 12.9. The zero-order valence-corrected chi connectivity index (χ0v) is 17.8. The molecule has 3 rings (SSSR count). The van der Waals surface area contributed by atoms with E-state index in [4.69, 9.17) is 15.0 Å². The van der Waals surface area contributed by atoms with Crippen molar-refractivity contribution in [3.63, 3.8) is 0 Å². The third-order valence-electron chi connectivity index (χ3n) is 5.57. The summed E-state index contributed by atoms with van der Waals surface area (Å²) >= 11 is 0. The highest BCUT2D eigenvalue weighted by atomic mass is 16.6. The Kier molecular flexibility index (Phi) is 6.41. The first-order valence-corrected chi connectivity index (χ1v) is 10.2. The number of hydrogen-bond acceptors (Lipinski definition) is 5. The van der Waals surface area contributed by atoms with Crippen LogP contribution in [0.3, 0.4) is 0 Å². The lowest BCUT2D eigenvalue weighted by molar-refractivity contribution is 0.00157. The first-order valence-electron chi connectivity index (χ1n) is 10.2. The molecule has 1 aromatic carbocycles. The van der Waals surface area contributed by atoms with Gasteiger partial charge in [-0.15, -0.1) is 0 Å². The van der Waals surface area contributed by atoms with Gasteiger partial charge in [-0.2, -0.15) is 0 Å². The first-order chi connectivity index (χ1) is 14.2. The summed E-state index contributed by atoms with van der Waals surface area (Å²) in [6.45, 7) is 6.96. The quantitative estimate of drug-likeness (QED) is 0.412. The highest BCUT2D eigenvalue weighted by molar-refractivity contribution is 5.70. The van der Waals surface area contributed by atoms with E-state index in [1.807, 2.05) is 51.1 Å². The third kappa shape index (κ3) is 5.16. The highest BCUT2D eigenvalue weighted by Gasteiger charge is 2.50. The molecule has 2 saturated heterocycles. The molecule has 0 radical (unpaired) electrons. The number of azide groups is 1. The lowest BCUT2D eigenvalue weighted by atomic mass is 9.84. The standard InChI is InChI=1S/C21H29N5O4/c1-20(2,3)30-18(27)25-11-9-21(10-12-25)13-17(23-24-22)14-26(21)19(28)29-15-16-7-5-4-6-8-16/h4-8,17H,9-15H2,1-3H3. The van der Waals surface area contributed by atoms with E-state index in [9.17, 15) is 9.59 Å². The van der Waals surface area contributed by atoms with Gasteiger partial charge in [0, 0.05) is 24.5 Å². The summed E-state index contributed by atoms with van der Waals surface area (Å²) in [5.74, 6) is 0. The molecule has 0 bridgehead atoms. The maximum Gasteiger partial charge on any atom is 0.410 e. The number of ether oxygens (including phenoxy) is 2. The summed E-state index contributed by atoms with van der Waals surface area (Å²) < 4.78 is 11.0. The fourth-order valence-corrected chi connectivity index (χ4v) is 4.14. The Balaban J connectivity index is 1.67. The molecule has 0 aliphatic carbocycles. The van der Waals surface area contributed by atoms with Crippen LogP contribution in [0.25, 0.3) is 10.4 Å². The molecule has 0 aromatic heterocycles. The Morgan fingerprint density at radius 3 is 2.47 bits per heavy atom. The van der Waals surface area contributed by atoms with Gasteiger partial charge in [-0.1, -0.05) is 35.4 Å². The molecule has 2 heterocycles. The summed E-state index contributed by atoms with van der Waals surface area (Å²) in [7, 11) is 0. The van der Waals surface area contributed by atoms with Crippen molar-refractivity contribution in [2.75, 3.05) is 19.6 Å². The van der Waals surface area contributed by atoms with Crippen molar-refractivity contribution in [3.8, 4) is 0 Å². The van der Waals surface area contributed by atoms with E-state index in [-0.39, 0.29) is 18.7 Å². The molecule has 162 valence electrons. The Hall–Kier alpha value is -2.93. The second-order valence-electron chi connectivity index (χ2n) is 8.91. The van der Waals surface area contributed by atoms with Crippen LogP contribution in [0.15, 0.2) is 35.4 Å². The van der Waals surface area contributed by atoms with Crippen molar-refractivity contribution >= 4 is 12.2 Å². The van der Waals surface area contributed by atoms with Crippen molar-refractivity contribution in [1.29, 1.82) is 0 Å². The molecule has 9 heteroatoms. The van der Waals surface area contributed by atoms with Gasteiger partial charge in [-0.05, 0) is 51.1 Å². The fourth-order valence-electron chi connectivity index (χ4n) is 4.14. The summed E-state index contributed by atoms with van der Waals surface area (Å²) in [4.78, 5) is 31.6. The van der Waals surface area contributed by atoms with Crippen molar-refractivity contribution in [2.24, 2.45) is 5.11 Å². The van der Waals surface area contributed by atoms with Crippen LogP contribution in [0.5, 0.6) is 0 Å². The van der Waals surface area contributed by atoms with Gasteiger partial charge >= 0.3 is 12.2 Å². The van der Waals surface area contributed by atoms with E-state index in [1.54, 1.807) is 9.80 Å². The van der Waals surface area contributed by atoms with Crippen LogP contribution in [0.4, 0.5) is 9.59 Å². The van der Waals surface area contributed by atoms with E-state index >= 15 is 0 Å². The normalized spacial score (nSPS) is 20.6. The third-order valence-corrected chi connectivity index (χ3v) is 5.57. The number of benzene rings is 1. The van der Waals surface area contributed by atoms with Crippen molar-refractivity contribution in [1.82, 2.24) is 9.80 Å². The molecular formula is C21H29N5O4. The molecule has 1 unspecified atom stereocenters. The predicted molar refractivity (Wildman–Crippen MR) is 111 cm³/mol. The molecule has 9 nitrogen and oxygen atoms in total. The first kappa shape index (κ1) is 21.8. The SMILES string of the molecule is CC(C)(C)OC(=O)N1CCC2(CC1)CC(N=[N+]=[N-])CN2C(=O)OCc1ccccc1. The molecule has 1 spiro atoms. The number of hydrogen-bond donors (Lipinski definition) is 0. The van der Waals surface area contributed by atoms with Crippen LogP contribution in [0.1, 0.15) is 45.6 Å². The van der Waals surface area contributed by atoms with E-state index in [2.05, 4.69) is 10.0 Å². The van der Waals surface area contributed by atoms with Gasteiger partial charge in [0.05, 0.1) is 11.6 Å². The van der Waals surface area contributed by atoms with Crippen LogP contribution in [-0.4, -0.2) is 58.8 Å². The van der Waals surface area contributed by atoms with Gasteiger partial charge in [0.1, 0.15) is 12.2 Å².